The van der Waals surface area contributed by atoms with Crippen molar-refractivity contribution in [3.8, 4) is 5.75 Å². The summed E-state index contributed by atoms with van der Waals surface area (Å²) in [5.74, 6) is 1.56. The average molecular weight is 411 g/mol. The number of ether oxygens (including phenoxy) is 1. The molecule has 30 heavy (non-hydrogen) atoms. The third kappa shape index (κ3) is 4.66. The monoisotopic (exact) mass is 410 g/mol. The summed E-state index contributed by atoms with van der Waals surface area (Å²) in [6.45, 7) is 6.43. The molecule has 0 N–H and O–H groups in total. The molecular formula is C25H31FN2O2. The van der Waals surface area contributed by atoms with Crippen LogP contribution in [0.2, 0.25) is 0 Å². The Morgan fingerprint density at radius 3 is 2.73 bits per heavy atom. The number of amides is 1. The van der Waals surface area contributed by atoms with Gasteiger partial charge in [-0.2, -0.15) is 0 Å². The predicted molar refractivity (Wildman–Crippen MR) is 118 cm³/mol. The summed E-state index contributed by atoms with van der Waals surface area (Å²) in [6, 6.07) is 4.67. The van der Waals surface area contributed by atoms with Crippen LogP contribution in [0, 0.1) is 24.6 Å². The highest BCUT2D eigenvalue weighted by atomic mass is 19.1. The molecule has 0 bridgehead atoms. The SMILES string of the molecule is CCCCOc1c(C)c(/C=C/C2CCN(C(=O)C3CC3)CC2)nc2ccc(F)cc12. The molecule has 4 nitrogen and oxygen atoms in total. The van der Waals surface area contributed by atoms with Crippen molar-refractivity contribution in [1.29, 1.82) is 0 Å². The fourth-order valence-corrected chi connectivity index (χ4v) is 4.11. The Kier molecular flexibility index (Phi) is 6.35. The molecule has 2 heterocycles. The molecule has 5 heteroatoms. The van der Waals surface area contributed by atoms with E-state index in [9.17, 15) is 9.18 Å². The normalized spacial score (nSPS) is 17.8. The topological polar surface area (TPSA) is 42.4 Å². The number of carbonyl (C=O) groups is 1. The molecule has 0 atom stereocenters. The largest absolute Gasteiger partial charge is 0.493 e. The van der Waals surface area contributed by atoms with Gasteiger partial charge in [0.15, 0.2) is 0 Å². The quantitative estimate of drug-likeness (QED) is 0.564. The number of fused-ring (bicyclic) bond motifs is 1. The lowest BCUT2D eigenvalue weighted by molar-refractivity contribution is -0.133. The first-order valence-corrected chi connectivity index (χ1v) is 11.3. The Hall–Kier alpha value is -2.43. The van der Waals surface area contributed by atoms with E-state index < -0.39 is 0 Å². The van der Waals surface area contributed by atoms with Gasteiger partial charge in [-0.3, -0.25) is 4.79 Å². The van der Waals surface area contributed by atoms with Crippen LogP contribution >= 0.6 is 0 Å². The molecule has 1 amide bonds. The molecular weight excluding hydrogens is 379 g/mol. The number of unbranched alkanes of at least 4 members (excludes halogenated alkanes) is 1. The van der Waals surface area contributed by atoms with Crippen LogP contribution in [0.4, 0.5) is 4.39 Å². The van der Waals surface area contributed by atoms with Crippen molar-refractivity contribution < 1.29 is 13.9 Å². The van der Waals surface area contributed by atoms with E-state index >= 15 is 0 Å². The van der Waals surface area contributed by atoms with Crippen molar-refractivity contribution in [3.63, 3.8) is 0 Å². The molecule has 1 aliphatic carbocycles. The second kappa shape index (κ2) is 9.15. The lowest BCUT2D eigenvalue weighted by Crippen LogP contribution is -2.38. The Bertz CT molecular complexity index is 944. The number of hydrogen-bond donors (Lipinski definition) is 0. The molecule has 160 valence electrons. The third-order valence-electron chi connectivity index (χ3n) is 6.22. The summed E-state index contributed by atoms with van der Waals surface area (Å²) in [4.78, 5) is 19.0. The van der Waals surface area contributed by atoms with Gasteiger partial charge in [0.05, 0.1) is 17.8 Å². The second-order valence-electron chi connectivity index (χ2n) is 8.61. The number of pyridine rings is 1. The van der Waals surface area contributed by atoms with Crippen LogP contribution in [0.1, 0.15) is 56.7 Å². The fourth-order valence-electron chi connectivity index (χ4n) is 4.11. The molecule has 0 spiro atoms. The molecule has 1 saturated carbocycles. The Morgan fingerprint density at radius 2 is 2.03 bits per heavy atom. The first kappa shape index (κ1) is 20.8. The Labute approximate surface area is 178 Å². The number of likely N-dealkylation sites (tertiary alicyclic amines) is 1. The molecule has 2 aliphatic rings. The lowest BCUT2D eigenvalue weighted by atomic mass is 9.95. The van der Waals surface area contributed by atoms with Gasteiger partial charge < -0.3 is 9.64 Å². The smallest absolute Gasteiger partial charge is 0.225 e. The van der Waals surface area contributed by atoms with Gasteiger partial charge in [-0.05, 0) is 69.2 Å². The maximum absolute atomic E-state index is 13.8. The summed E-state index contributed by atoms with van der Waals surface area (Å²) in [5, 5.41) is 0.729. The number of piperidine rings is 1. The van der Waals surface area contributed by atoms with Crippen LogP contribution in [0.25, 0.3) is 17.0 Å². The highest BCUT2D eigenvalue weighted by Gasteiger charge is 2.34. The second-order valence-corrected chi connectivity index (χ2v) is 8.61. The molecule has 2 fully saturated rings. The number of benzene rings is 1. The van der Waals surface area contributed by atoms with Crippen molar-refractivity contribution in [2.75, 3.05) is 19.7 Å². The van der Waals surface area contributed by atoms with E-state index in [2.05, 4.69) is 19.1 Å². The number of carbonyl (C=O) groups excluding carboxylic acids is 1. The van der Waals surface area contributed by atoms with Crippen molar-refractivity contribution >= 4 is 22.9 Å². The van der Waals surface area contributed by atoms with Crippen LogP contribution in [0.5, 0.6) is 5.75 Å². The molecule has 1 saturated heterocycles. The number of aromatic nitrogens is 1. The number of allylic oxidation sites excluding steroid dienone is 1. The molecule has 2 aromatic rings. The average Bonchev–Trinajstić information content (AvgIpc) is 3.60. The van der Waals surface area contributed by atoms with Gasteiger partial charge in [-0.1, -0.05) is 19.4 Å². The highest BCUT2D eigenvalue weighted by molar-refractivity contribution is 5.88. The summed E-state index contributed by atoms with van der Waals surface area (Å²) in [6.07, 6.45) is 10.4. The third-order valence-corrected chi connectivity index (χ3v) is 6.22. The maximum atomic E-state index is 13.8. The molecule has 1 aliphatic heterocycles. The first-order valence-electron chi connectivity index (χ1n) is 11.3. The van der Waals surface area contributed by atoms with Gasteiger partial charge in [0.25, 0.3) is 0 Å². The van der Waals surface area contributed by atoms with Gasteiger partial charge in [0.2, 0.25) is 5.91 Å². The first-order chi connectivity index (χ1) is 14.6. The van der Waals surface area contributed by atoms with E-state index in [-0.39, 0.29) is 5.82 Å². The van der Waals surface area contributed by atoms with Gasteiger partial charge in [-0.15, -0.1) is 0 Å². The zero-order valence-corrected chi connectivity index (χ0v) is 18.0. The number of nitrogens with zero attached hydrogens (tertiary/aromatic N) is 2. The van der Waals surface area contributed by atoms with Crippen molar-refractivity contribution in [2.24, 2.45) is 11.8 Å². The van der Waals surface area contributed by atoms with Crippen LogP contribution in [-0.2, 0) is 4.79 Å². The van der Waals surface area contributed by atoms with Crippen LogP contribution in [-0.4, -0.2) is 35.5 Å². The Morgan fingerprint density at radius 1 is 1.27 bits per heavy atom. The van der Waals surface area contributed by atoms with Crippen molar-refractivity contribution in [3.05, 3.63) is 41.3 Å². The molecule has 4 rings (SSSR count). The van der Waals surface area contributed by atoms with Gasteiger partial charge in [0.1, 0.15) is 11.6 Å². The van der Waals surface area contributed by atoms with E-state index in [4.69, 9.17) is 9.72 Å². The zero-order chi connectivity index (χ0) is 21.1. The minimum absolute atomic E-state index is 0.278. The minimum Gasteiger partial charge on any atom is -0.493 e. The number of hydrogen-bond acceptors (Lipinski definition) is 3. The summed E-state index contributed by atoms with van der Waals surface area (Å²) in [7, 11) is 0. The zero-order valence-electron chi connectivity index (χ0n) is 18.0. The van der Waals surface area contributed by atoms with Crippen LogP contribution in [0.15, 0.2) is 24.3 Å². The van der Waals surface area contributed by atoms with Gasteiger partial charge >= 0.3 is 0 Å². The van der Waals surface area contributed by atoms with Crippen molar-refractivity contribution in [2.45, 2.75) is 52.4 Å². The molecule has 1 aromatic carbocycles. The molecule has 0 radical (unpaired) electrons. The van der Waals surface area contributed by atoms with E-state index in [0.717, 1.165) is 79.5 Å². The summed E-state index contributed by atoms with van der Waals surface area (Å²) < 4.78 is 19.9. The highest BCUT2D eigenvalue weighted by Crippen LogP contribution is 2.34. The van der Waals surface area contributed by atoms with Gasteiger partial charge in [0, 0.05) is 30.0 Å². The van der Waals surface area contributed by atoms with Crippen molar-refractivity contribution in [1.82, 2.24) is 9.88 Å². The number of rotatable bonds is 7. The number of halogens is 1. The van der Waals surface area contributed by atoms with E-state index in [1.807, 2.05) is 11.8 Å². The van der Waals surface area contributed by atoms with E-state index in [0.29, 0.717) is 24.3 Å². The summed E-state index contributed by atoms with van der Waals surface area (Å²) >= 11 is 0. The predicted octanol–water partition coefficient (Wildman–Crippen LogP) is 5.52. The fraction of sp³-hybridized carbons (Fsp3) is 0.520. The Balaban J connectivity index is 1.51. The van der Waals surface area contributed by atoms with E-state index in [1.54, 1.807) is 6.07 Å². The summed E-state index contributed by atoms with van der Waals surface area (Å²) in [5.41, 5.74) is 2.57. The van der Waals surface area contributed by atoms with E-state index in [1.165, 1.54) is 12.1 Å². The van der Waals surface area contributed by atoms with Crippen LogP contribution < -0.4 is 4.74 Å². The lowest BCUT2D eigenvalue weighted by Gasteiger charge is -2.30. The maximum Gasteiger partial charge on any atom is 0.225 e. The van der Waals surface area contributed by atoms with Crippen LogP contribution in [0.3, 0.4) is 0 Å². The van der Waals surface area contributed by atoms with Gasteiger partial charge in [-0.25, -0.2) is 9.37 Å². The standard InChI is InChI=1S/C25H31FN2O2/c1-3-4-15-30-24-17(2)22(27-23-10-8-20(26)16-21(23)24)9-5-18-11-13-28(14-12-18)25(29)19-6-7-19/h5,8-10,16,18-19H,3-4,6-7,11-15H2,1-2H3/b9-5+. The molecule has 0 unspecified atom stereocenters. The molecule has 1 aromatic heterocycles. The minimum atomic E-state index is -0.278.